The Labute approximate surface area is 119 Å². The molecule has 1 fully saturated rings. The van der Waals surface area contributed by atoms with Gasteiger partial charge in [0, 0.05) is 18.5 Å². The number of hydrogen-bond acceptors (Lipinski definition) is 4. The summed E-state index contributed by atoms with van der Waals surface area (Å²) in [6.45, 7) is 3.06. The van der Waals surface area contributed by atoms with Crippen LogP contribution < -0.4 is 10.2 Å². The van der Waals surface area contributed by atoms with Gasteiger partial charge in [-0.1, -0.05) is 18.2 Å². The second kappa shape index (κ2) is 5.48. The molecule has 0 spiro atoms. The van der Waals surface area contributed by atoms with Gasteiger partial charge in [-0.05, 0) is 38.1 Å². The van der Waals surface area contributed by atoms with Crippen molar-refractivity contribution in [2.24, 2.45) is 5.92 Å². The molecule has 1 unspecified atom stereocenters. The van der Waals surface area contributed by atoms with E-state index in [0.717, 1.165) is 36.4 Å². The van der Waals surface area contributed by atoms with Crippen LogP contribution >= 0.6 is 0 Å². The van der Waals surface area contributed by atoms with Crippen molar-refractivity contribution in [3.63, 3.8) is 0 Å². The van der Waals surface area contributed by atoms with Crippen molar-refractivity contribution in [1.29, 1.82) is 5.26 Å². The quantitative estimate of drug-likeness (QED) is 0.925. The van der Waals surface area contributed by atoms with Crippen molar-refractivity contribution >= 4 is 16.7 Å². The predicted octanol–water partition coefficient (Wildman–Crippen LogP) is 2.15. The largest absolute Gasteiger partial charge is 0.356 e. The minimum atomic E-state index is 0.666. The summed E-state index contributed by atoms with van der Waals surface area (Å²) in [5.41, 5.74) is 1.61. The molecule has 20 heavy (non-hydrogen) atoms. The lowest BCUT2D eigenvalue weighted by atomic mass is 10.1. The molecule has 0 saturated carbocycles. The summed E-state index contributed by atoms with van der Waals surface area (Å²) in [5, 5.41) is 13.5. The van der Waals surface area contributed by atoms with E-state index in [1.54, 1.807) is 0 Å². The molecule has 4 heteroatoms. The Hall–Kier alpha value is -2.12. The first-order valence-corrected chi connectivity index (χ1v) is 7.01. The summed E-state index contributed by atoms with van der Waals surface area (Å²) >= 11 is 0. The number of rotatable bonds is 3. The van der Waals surface area contributed by atoms with Gasteiger partial charge in [-0.25, -0.2) is 4.98 Å². The molecule has 1 saturated heterocycles. The highest BCUT2D eigenvalue weighted by Gasteiger charge is 2.23. The molecular weight excluding hydrogens is 248 g/mol. The average Bonchev–Trinajstić information content (AvgIpc) is 2.95. The van der Waals surface area contributed by atoms with Crippen LogP contribution in [0.15, 0.2) is 30.3 Å². The van der Waals surface area contributed by atoms with E-state index >= 15 is 0 Å². The minimum Gasteiger partial charge on any atom is -0.356 e. The highest BCUT2D eigenvalue weighted by Crippen LogP contribution is 2.26. The second-order valence-electron chi connectivity index (χ2n) is 5.32. The maximum atomic E-state index is 9.33. The minimum absolute atomic E-state index is 0.666. The fourth-order valence-electron chi connectivity index (χ4n) is 2.91. The zero-order valence-corrected chi connectivity index (χ0v) is 11.6. The molecular formula is C16H18N4. The third-order valence-electron chi connectivity index (χ3n) is 3.93. The van der Waals surface area contributed by atoms with E-state index in [9.17, 15) is 5.26 Å². The highest BCUT2D eigenvalue weighted by atomic mass is 15.2. The normalized spacial score (nSPS) is 18.4. The van der Waals surface area contributed by atoms with Crippen LogP contribution in [0, 0.1) is 17.2 Å². The van der Waals surface area contributed by atoms with Crippen LogP contribution in [0.5, 0.6) is 0 Å². The molecule has 1 aromatic carbocycles. The predicted molar refractivity (Wildman–Crippen MR) is 80.7 cm³/mol. The van der Waals surface area contributed by atoms with E-state index in [2.05, 4.69) is 16.3 Å². The van der Waals surface area contributed by atoms with Gasteiger partial charge in [0.1, 0.15) is 5.82 Å². The number of para-hydroxylation sites is 1. The van der Waals surface area contributed by atoms with Gasteiger partial charge in [0.2, 0.25) is 0 Å². The van der Waals surface area contributed by atoms with Crippen LogP contribution in [0.3, 0.4) is 0 Å². The SMILES string of the molecule is CNCC1CCN(c2cc(C#N)c3ccccc3n2)C1. The molecule has 1 N–H and O–H groups in total. The summed E-state index contributed by atoms with van der Waals surface area (Å²) in [6.07, 6.45) is 1.18. The molecule has 102 valence electrons. The molecule has 4 nitrogen and oxygen atoms in total. The number of nitrogens with zero attached hydrogens (tertiary/aromatic N) is 3. The fourth-order valence-corrected chi connectivity index (χ4v) is 2.91. The monoisotopic (exact) mass is 266 g/mol. The smallest absolute Gasteiger partial charge is 0.130 e. The Kier molecular flexibility index (Phi) is 3.53. The van der Waals surface area contributed by atoms with Gasteiger partial charge in [-0.3, -0.25) is 0 Å². The van der Waals surface area contributed by atoms with Crippen molar-refractivity contribution in [2.75, 3.05) is 31.6 Å². The number of aromatic nitrogens is 1. The molecule has 2 heterocycles. The number of pyridine rings is 1. The van der Waals surface area contributed by atoms with Crippen molar-refractivity contribution in [3.05, 3.63) is 35.9 Å². The van der Waals surface area contributed by atoms with Gasteiger partial charge in [-0.15, -0.1) is 0 Å². The Balaban J connectivity index is 1.95. The molecule has 0 radical (unpaired) electrons. The van der Waals surface area contributed by atoms with E-state index in [1.807, 2.05) is 37.4 Å². The summed E-state index contributed by atoms with van der Waals surface area (Å²) < 4.78 is 0. The number of nitriles is 1. The number of anilines is 1. The van der Waals surface area contributed by atoms with E-state index in [4.69, 9.17) is 4.98 Å². The van der Waals surface area contributed by atoms with Crippen molar-refractivity contribution in [2.45, 2.75) is 6.42 Å². The van der Waals surface area contributed by atoms with Crippen LogP contribution in [-0.4, -0.2) is 31.7 Å². The van der Waals surface area contributed by atoms with Gasteiger partial charge < -0.3 is 10.2 Å². The van der Waals surface area contributed by atoms with Crippen LogP contribution in [0.4, 0.5) is 5.82 Å². The molecule has 3 rings (SSSR count). The molecule has 0 aliphatic carbocycles. The molecule has 0 amide bonds. The van der Waals surface area contributed by atoms with Crippen LogP contribution in [0.1, 0.15) is 12.0 Å². The standard InChI is InChI=1S/C16H18N4/c1-18-10-12-6-7-20(11-12)16-8-13(9-17)14-4-2-3-5-15(14)19-16/h2-5,8,12,18H,6-7,10-11H2,1H3. The summed E-state index contributed by atoms with van der Waals surface area (Å²) in [6, 6.07) is 12.1. The van der Waals surface area contributed by atoms with Crippen molar-refractivity contribution in [3.8, 4) is 6.07 Å². The lowest BCUT2D eigenvalue weighted by Crippen LogP contribution is -2.25. The first-order valence-electron chi connectivity index (χ1n) is 7.01. The summed E-state index contributed by atoms with van der Waals surface area (Å²) in [5.74, 6) is 1.60. The third-order valence-corrected chi connectivity index (χ3v) is 3.93. The third kappa shape index (κ3) is 2.33. The fraction of sp³-hybridized carbons (Fsp3) is 0.375. The van der Waals surface area contributed by atoms with Crippen LogP contribution in [0.2, 0.25) is 0 Å². The molecule has 0 bridgehead atoms. The van der Waals surface area contributed by atoms with Gasteiger partial charge in [0.15, 0.2) is 0 Å². The Bertz CT molecular complexity index is 659. The molecule has 1 aromatic heterocycles. The Morgan fingerprint density at radius 3 is 3.10 bits per heavy atom. The lowest BCUT2D eigenvalue weighted by molar-refractivity contribution is 0.549. The number of hydrogen-bond donors (Lipinski definition) is 1. The van der Waals surface area contributed by atoms with Crippen LogP contribution in [0.25, 0.3) is 10.9 Å². The zero-order chi connectivity index (χ0) is 13.9. The molecule has 2 aromatic rings. The highest BCUT2D eigenvalue weighted by molar-refractivity contribution is 5.86. The number of benzene rings is 1. The van der Waals surface area contributed by atoms with Gasteiger partial charge in [0.25, 0.3) is 0 Å². The van der Waals surface area contributed by atoms with E-state index in [-0.39, 0.29) is 0 Å². The zero-order valence-electron chi connectivity index (χ0n) is 11.6. The maximum absolute atomic E-state index is 9.33. The topological polar surface area (TPSA) is 52.0 Å². The first-order chi connectivity index (χ1) is 9.81. The number of fused-ring (bicyclic) bond motifs is 1. The van der Waals surface area contributed by atoms with E-state index in [0.29, 0.717) is 11.5 Å². The molecule has 1 atom stereocenters. The van der Waals surface area contributed by atoms with Crippen molar-refractivity contribution in [1.82, 2.24) is 10.3 Å². The maximum Gasteiger partial charge on any atom is 0.130 e. The Morgan fingerprint density at radius 1 is 1.45 bits per heavy atom. The van der Waals surface area contributed by atoms with Gasteiger partial charge >= 0.3 is 0 Å². The van der Waals surface area contributed by atoms with Gasteiger partial charge in [0.05, 0.1) is 17.1 Å². The lowest BCUT2D eigenvalue weighted by Gasteiger charge is -2.18. The van der Waals surface area contributed by atoms with Gasteiger partial charge in [-0.2, -0.15) is 5.26 Å². The second-order valence-corrected chi connectivity index (χ2v) is 5.32. The molecule has 1 aliphatic rings. The summed E-state index contributed by atoms with van der Waals surface area (Å²) in [7, 11) is 1.99. The Morgan fingerprint density at radius 2 is 2.30 bits per heavy atom. The van der Waals surface area contributed by atoms with Crippen molar-refractivity contribution < 1.29 is 0 Å². The van der Waals surface area contributed by atoms with Crippen LogP contribution in [-0.2, 0) is 0 Å². The average molecular weight is 266 g/mol. The molecule has 1 aliphatic heterocycles. The van der Waals surface area contributed by atoms with E-state index in [1.165, 1.54) is 6.42 Å². The first kappa shape index (κ1) is 12.9. The summed E-state index contributed by atoms with van der Waals surface area (Å²) in [4.78, 5) is 7.00. The number of nitrogens with one attached hydrogen (secondary N) is 1. The van der Waals surface area contributed by atoms with E-state index < -0.39 is 0 Å².